The molecule has 0 aliphatic heterocycles. The second kappa shape index (κ2) is 18.7. The number of hydrogen-bond donors (Lipinski definition) is 0. The van der Waals surface area contributed by atoms with Crippen molar-refractivity contribution in [3.05, 3.63) is 0 Å². The van der Waals surface area contributed by atoms with Gasteiger partial charge in [0.2, 0.25) is 0 Å². The molecule has 0 aliphatic rings. The van der Waals surface area contributed by atoms with Crippen LogP contribution in [0.4, 0.5) is 0 Å². The molecule has 0 aromatic rings. The zero-order chi connectivity index (χ0) is 12.6. The Morgan fingerprint density at radius 2 is 0.938 bits per heavy atom. The van der Waals surface area contributed by atoms with Gasteiger partial charge in [-0.25, -0.2) is 0 Å². The Morgan fingerprint density at radius 3 is 1.12 bits per heavy atom. The molecule has 0 unspecified atom stereocenters. The number of hydrogen-bond acceptors (Lipinski definition) is 0. The molecule has 0 fully saturated rings. The quantitative estimate of drug-likeness (QED) is 0.472. The Kier molecular flexibility index (Phi) is 23.0. The predicted molar refractivity (Wildman–Crippen MR) is 82.4 cm³/mol. The van der Waals surface area contributed by atoms with Crippen LogP contribution in [0.2, 0.25) is 24.9 Å². The van der Waals surface area contributed by atoms with E-state index in [2.05, 4.69) is 32.3 Å². The van der Waals surface area contributed by atoms with Gasteiger partial charge in [-0.3, -0.25) is 0 Å². The van der Waals surface area contributed by atoms with Crippen molar-refractivity contribution in [2.75, 3.05) is 0 Å². The topological polar surface area (TPSA) is 0 Å². The van der Waals surface area contributed by atoms with Crippen molar-refractivity contribution in [1.29, 1.82) is 0 Å². The van der Waals surface area contributed by atoms with Gasteiger partial charge in [0.1, 0.15) is 0 Å². The molecule has 96 valence electrons. The predicted octanol–water partition coefficient (Wildman–Crippen LogP) is 5.67. The van der Waals surface area contributed by atoms with E-state index in [4.69, 9.17) is 0 Å². The van der Waals surface area contributed by atoms with Crippen LogP contribution in [0.25, 0.3) is 0 Å². The molecule has 2 heteroatoms. The van der Waals surface area contributed by atoms with Gasteiger partial charge in [0.05, 0.1) is 0 Å². The van der Waals surface area contributed by atoms with Gasteiger partial charge in [-0.1, -0.05) is 0 Å². The fourth-order valence-corrected chi connectivity index (χ4v) is 11.1. The van der Waals surface area contributed by atoms with Crippen LogP contribution < -0.4 is 0 Å². The number of rotatable bonds is 9. The minimum absolute atomic E-state index is 0.750. The van der Waals surface area contributed by atoms with Crippen LogP contribution in [0.5, 0.6) is 0 Å². The smallest absolute Gasteiger partial charge is 0.115 e. The summed E-state index contributed by atoms with van der Waals surface area (Å²) in [4.78, 5) is 0. The molecule has 0 heterocycles. The minimum atomic E-state index is -0.839. The van der Waals surface area contributed by atoms with Crippen LogP contribution in [0.1, 0.15) is 59.3 Å². The Labute approximate surface area is 118 Å². The maximum Gasteiger partial charge on any atom is 0.191 e. The van der Waals surface area contributed by atoms with Crippen molar-refractivity contribution >= 4 is 35.0 Å². The fraction of sp³-hybridized carbons (Fsp3) is 1.00. The summed E-state index contributed by atoms with van der Waals surface area (Å²) >= 11 is -0.0893. The van der Waals surface area contributed by atoms with Crippen molar-refractivity contribution in [3.63, 3.8) is 0 Å². The third-order valence-electron chi connectivity index (χ3n) is 2.65. The Bertz CT molecular complexity index is 87.9. The van der Waals surface area contributed by atoms with Gasteiger partial charge in [0.25, 0.3) is 0 Å². The Morgan fingerprint density at radius 1 is 0.688 bits per heavy atom. The van der Waals surface area contributed by atoms with Gasteiger partial charge in [0.15, 0.2) is 15.2 Å². The second-order valence-electron chi connectivity index (χ2n) is 4.64. The van der Waals surface area contributed by atoms with E-state index in [0.29, 0.717) is 0 Å². The Balaban J connectivity index is 0. The first kappa shape index (κ1) is 19.7. The third-order valence-corrected chi connectivity index (χ3v) is 11.7. The summed E-state index contributed by atoms with van der Waals surface area (Å²) in [5.74, 6) is 4.42. The molecule has 0 spiro atoms. The fourth-order valence-electron chi connectivity index (χ4n) is 1.66. The first-order valence-corrected chi connectivity index (χ1v) is 15.7. The van der Waals surface area contributed by atoms with Gasteiger partial charge in [-0.15, -0.1) is 11.6 Å². The van der Waals surface area contributed by atoms with Crippen molar-refractivity contribution in [2.45, 2.75) is 84.2 Å². The minimum Gasteiger partial charge on any atom is -0.115 e. The van der Waals surface area contributed by atoms with Crippen LogP contribution in [0, 0.1) is 0 Å². The maximum atomic E-state index is 2.33. The van der Waals surface area contributed by atoms with Gasteiger partial charge >= 0.3 is 92.4 Å². The average Bonchev–Trinajstić information content (AvgIpc) is 2.29. The van der Waals surface area contributed by atoms with Crippen molar-refractivity contribution < 1.29 is 0 Å². The Hall–Kier alpha value is 1.33. The second-order valence-corrected chi connectivity index (χ2v) is 14.4. The number of unbranched alkanes of at least 4 members (excludes halogenated alkanes) is 3. The summed E-state index contributed by atoms with van der Waals surface area (Å²) in [6.07, 6.45) is 8.85. The zero-order valence-corrected chi connectivity index (χ0v) is 16.5. The molecule has 0 amide bonds. The molecule has 0 aliphatic carbocycles. The van der Waals surface area contributed by atoms with Crippen molar-refractivity contribution in [1.82, 2.24) is 0 Å². The molecule has 2 radical (unpaired) electrons. The summed E-state index contributed by atoms with van der Waals surface area (Å²) in [6, 6.07) is 0. The van der Waals surface area contributed by atoms with E-state index in [1.807, 2.05) is 0 Å². The van der Waals surface area contributed by atoms with E-state index >= 15 is 0 Å². The van der Waals surface area contributed by atoms with Gasteiger partial charge in [0, 0.05) is 0 Å². The van der Waals surface area contributed by atoms with E-state index < -0.39 is 19.8 Å². The van der Waals surface area contributed by atoms with Crippen LogP contribution in [-0.2, 0) is 0 Å². The monoisotopic (exact) mass is 348 g/mol. The molecular weight excluding hydrogens is 314 g/mol. The van der Waals surface area contributed by atoms with E-state index in [9.17, 15) is 0 Å². The van der Waals surface area contributed by atoms with Crippen LogP contribution in [-0.4, -0.2) is 35.0 Å². The molecule has 0 saturated carbocycles. The SMILES string of the molecule is CCC[CH2][Sn]([CH2]CCC)[CH2]CCC.[CH3][Al][CH3]. The standard InChI is InChI=1S/3C4H9.2CH3.Al.Sn/c3*1-3-4-2;;;;/h3*1,3-4H2,2H3;2*1H3;;. The van der Waals surface area contributed by atoms with Crippen molar-refractivity contribution in [2.24, 2.45) is 0 Å². The normalized spacial score (nSPS) is 9.88. The molecule has 0 nitrogen and oxygen atoms in total. The van der Waals surface area contributed by atoms with E-state index in [1.165, 1.54) is 38.5 Å². The van der Waals surface area contributed by atoms with Crippen molar-refractivity contribution in [3.8, 4) is 0 Å². The molecule has 0 saturated heterocycles. The van der Waals surface area contributed by atoms with Gasteiger partial charge in [-0.05, 0) is 0 Å². The van der Waals surface area contributed by atoms with E-state index in [-0.39, 0.29) is 0 Å². The first-order valence-electron chi connectivity index (χ1n) is 7.34. The van der Waals surface area contributed by atoms with Crippen LogP contribution in [0.3, 0.4) is 0 Å². The first-order chi connectivity index (χ1) is 7.76. The largest absolute Gasteiger partial charge is 0.191 e. The van der Waals surface area contributed by atoms with E-state index in [0.717, 1.165) is 15.2 Å². The molecular formula is C14H33AlSn. The summed E-state index contributed by atoms with van der Waals surface area (Å²) in [7, 11) is 0. The maximum absolute atomic E-state index is 2.33. The molecule has 0 aromatic heterocycles. The summed E-state index contributed by atoms with van der Waals surface area (Å²) in [6.45, 7) is 7.00. The summed E-state index contributed by atoms with van der Waals surface area (Å²) < 4.78 is 5.04. The molecule has 16 heavy (non-hydrogen) atoms. The molecule has 0 rings (SSSR count). The van der Waals surface area contributed by atoms with Crippen LogP contribution >= 0.6 is 0 Å². The summed E-state index contributed by atoms with van der Waals surface area (Å²) in [5.41, 5.74) is 0. The summed E-state index contributed by atoms with van der Waals surface area (Å²) in [5, 5.41) is 0. The molecule has 0 atom stereocenters. The van der Waals surface area contributed by atoms with E-state index in [1.54, 1.807) is 13.3 Å². The third kappa shape index (κ3) is 17.7. The average molecular weight is 347 g/mol. The molecule has 0 N–H and O–H groups in total. The van der Waals surface area contributed by atoms with Gasteiger partial charge in [-0.2, -0.15) is 0 Å². The molecule has 0 bridgehead atoms. The van der Waals surface area contributed by atoms with Gasteiger partial charge < -0.3 is 0 Å². The van der Waals surface area contributed by atoms with Crippen LogP contribution in [0.15, 0.2) is 0 Å². The molecule has 0 aromatic carbocycles. The zero-order valence-electron chi connectivity index (χ0n) is 12.4.